The van der Waals surface area contributed by atoms with E-state index in [0.29, 0.717) is 0 Å². The van der Waals surface area contributed by atoms with Crippen molar-refractivity contribution < 1.29 is 14.8 Å². The zero-order valence-corrected chi connectivity index (χ0v) is 11.3. The minimum Gasteiger partial charge on any atom is -0.386 e. The Morgan fingerprint density at radius 2 is 2.10 bits per heavy atom. The Kier molecular flexibility index (Phi) is 2.95. The number of amides is 1. The van der Waals surface area contributed by atoms with Crippen molar-refractivity contribution in [2.24, 2.45) is 5.92 Å². The molecule has 1 aromatic rings. The van der Waals surface area contributed by atoms with Gasteiger partial charge in [0.05, 0.1) is 18.0 Å². The molecule has 1 N–H and O–H groups in total. The van der Waals surface area contributed by atoms with E-state index in [1.54, 1.807) is 0 Å². The molecule has 106 valence electrons. The fraction of sp³-hybridized carbons (Fsp3) is 0.462. The summed E-state index contributed by atoms with van der Waals surface area (Å²) in [5.41, 5.74) is -1.08. The van der Waals surface area contributed by atoms with Gasteiger partial charge in [-0.25, -0.2) is 0 Å². The number of halogens is 1. The van der Waals surface area contributed by atoms with Crippen molar-refractivity contribution in [3.63, 3.8) is 0 Å². The third kappa shape index (κ3) is 2.14. The van der Waals surface area contributed by atoms with Crippen LogP contribution in [0.25, 0.3) is 0 Å². The molecule has 0 radical (unpaired) electrons. The molecule has 1 saturated heterocycles. The van der Waals surface area contributed by atoms with Gasteiger partial charge in [0.1, 0.15) is 11.2 Å². The normalized spacial score (nSPS) is 20.4. The molecule has 1 amide bonds. The minimum absolute atomic E-state index is 0.0113. The monoisotopic (exact) mass is 296 g/mol. The van der Waals surface area contributed by atoms with Gasteiger partial charge in [-0.2, -0.15) is 0 Å². The number of nitrogens with zero attached hydrogens (tertiary/aromatic N) is 2. The van der Waals surface area contributed by atoms with Crippen LogP contribution in [0, 0.1) is 16.0 Å². The lowest BCUT2D eigenvalue weighted by Crippen LogP contribution is -2.64. The summed E-state index contributed by atoms with van der Waals surface area (Å²) in [5.74, 6) is -0.162. The molecule has 6 nitrogen and oxygen atoms in total. The van der Waals surface area contributed by atoms with Crippen molar-refractivity contribution in [2.75, 3.05) is 13.1 Å². The molecule has 0 atom stereocenters. The van der Waals surface area contributed by atoms with E-state index in [1.807, 2.05) is 0 Å². The molecule has 1 saturated carbocycles. The highest BCUT2D eigenvalue weighted by Crippen LogP contribution is 2.45. The van der Waals surface area contributed by atoms with E-state index in [-0.39, 0.29) is 35.3 Å². The van der Waals surface area contributed by atoms with Crippen LogP contribution in [0.1, 0.15) is 23.2 Å². The molecule has 1 heterocycles. The maximum absolute atomic E-state index is 12.3. The summed E-state index contributed by atoms with van der Waals surface area (Å²) in [6.07, 6.45) is 1.97. The second-order valence-corrected chi connectivity index (χ2v) is 5.89. The summed E-state index contributed by atoms with van der Waals surface area (Å²) >= 11 is 5.72. The smallest absolute Gasteiger partial charge is 0.283 e. The van der Waals surface area contributed by atoms with Crippen molar-refractivity contribution in [1.82, 2.24) is 4.90 Å². The Morgan fingerprint density at radius 3 is 2.65 bits per heavy atom. The average molecular weight is 297 g/mol. The van der Waals surface area contributed by atoms with Gasteiger partial charge in [-0.1, -0.05) is 11.6 Å². The largest absolute Gasteiger partial charge is 0.386 e. The molecule has 7 heteroatoms. The second kappa shape index (κ2) is 4.43. The van der Waals surface area contributed by atoms with Crippen LogP contribution >= 0.6 is 11.6 Å². The standard InChI is InChI=1S/C13H13ClN2O4/c14-9-3-4-10(11(5-9)16(19)20)12(17)15-6-13(18,7-15)8-1-2-8/h3-5,8,18H,1-2,6-7H2. The van der Waals surface area contributed by atoms with Crippen LogP contribution in [0.15, 0.2) is 18.2 Å². The molecule has 2 fully saturated rings. The van der Waals surface area contributed by atoms with Crippen LogP contribution in [-0.4, -0.2) is 39.5 Å². The highest BCUT2D eigenvalue weighted by atomic mass is 35.5. The van der Waals surface area contributed by atoms with Gasteiger partial charge in [-0.15, -0.1) is 0 Å². The molecule has 20 heavy (non-hydrogen) atoms. The van der Waals surface area contributed by atoms with Crippen molar-refractivity contribution in [3.8, 4) is 0 Å². The zero-order valence-electron chi connectivity index (χ0n) is 10.6. The molecular weight excluding hydrogens is 284 g/mol. The Hall–Kier alpha value is -1.66. The van der Waals surface area contributed by atoms with Crippen molar-refractivity contribution >= 4 is 23.2 Å². The molecule has 1 aliphatic heterocycles. The number of likely N-dealkylation sites (tertiary alicyclic amines) is 1. The van der Waals surface area contributed by atoms with Crippen LogP contribution < -0.4 is 0 Å². The lowest BCUT2D eigenvalue weighted by molar-refractivity contribution is -0.385. The number of aliphatic hydroxyl groups is 1. The van der Waals surface area contributed by atoms with Crippen molar-refractivity contribution in [1.29, 1.82) is 0 Å². The van der Waals surface area contributed by atoms with E-state index in [9.17, 15) is 20.0 Å². The number of carbonyl (C=O) groups excluding carboxylic acids is 1. The van der Waals surface area contributed by atoms with E-state index >= 15 is 0 Å². The van der Waals surface area contributed by atoms with Crippen LogP contribution in [0.5, 0.6) is 0 Å². The third-order valence-corrected chi connectivity index (χ3v) is 4.18. The fourth-order valence-electron chi connectivity index (χ4n) is 2.64. The Balaban J connectivity index is 1.80. The van der Waals surface area contributed by atoms with Gasteiger partial charge in [-0.3, -0.25) is 14.9 Å². The summed E-state index contributed by atoms with van der Waals surface area (Å²) in [5, 5.41) is 21.4. The van der Waals surface area contributed by atoms with Crippen LogP contribution in [0.3, 0.4) is 0 Å². The maximum Gasteiger partial charge on any atom is 0.283 e. The van der Waals surface area contributed by atoms with Gasteiger partial charge < -0.3 is 10.0 Å². The molecular formula is C13H13ClN2O4. The number of carbonyl (C=O) groups is 1. The molecule has 1 aromatic carbocycles. The highest BCUT2D eigenvalue weighted by Gasteiger charge is 2.53. The first kappa shape index (κ1) is 13.3. The van der Waals surface area contributed by atoms with Crippen LogP contribution in [0.4, 0.5) is 5.69 Å². The predicted molar refractivity (Wildman–Crippen MR) is 71.7 cm³/mol. The topological polar surface area (TPSA) is 83.7 Å². The van der Waals surface area contributed by atoms with Crippen LogP contribution in [0.2, 0.25) is 5.02 Å². The Labute approximate surface area is 120 Å². The van der Waals surface area contributed by atoms with Crippen molar-refractivity contribution in [2.45, 2.75) is 18.4 Å². The van der Waals surface area contributed by atoms with Crippen molar-refractivity contribution in [3.05, 3.63) is 38.9 Å². The second-order valence-electron chi connectivity index (χ2n) is 5.46. The first-order valence-corrected chi connectivity index (χ1v) is 6.74. The fourth-order valence-corrected chi connectivity index (χ4v) is 2.81. The third-order valence-electron chi connectivity index (χ3n) is 3.94. The molecule has 0 aromatic heterocycles. The SMILES string of the molecule is O=C(c1ccc(Cl)cc1[N+](=O)[O-])N1CC(O)(C2CC2)C1. The number of benzene rings is 1. The van der Waals surface area contributed by atoms with E-state index < -0.39 is 16.4 Å². The Morgan fingerprint density at radius 1 is 1.45 bits per heavy atom. The average Bonchev–Trinajstić information content (AvgIpc) is 3.18. The van der Waals surface area contributed by atoms with Gasteiger partial charge in [-0.05, 0) is 30.9 Å². The number of rotatable bonds is 3. The zero-order chi connectivity index (χ0) is 14.5. The van der Waals surface area contributed by atoms with Gasteiger partial charge >= 0.3 is 0 Å². The number of hydrogen-bond donors (Lipinski definition) is 1. The number of nitro benzene ring substituents is 1. The first-order valence-electron chi connectivity index (χ1n) is 6.36. The quantitative estimate of drug-likeness (QED) is 0.681. The summed E-state index contributed by atoms with van der Waals surface area (Å²) in [6.45, 7) is 0.493. The van der Waals surface area contributed by atoms with Crippen LogP contribution in [-0.2, 0) is 0 Å². The number of β-amino-alcohol motifs (C(OH)–C–C–N with tert-alkyl or cyclic N) is 1. The molecule has 2 aliphatic rings. The lowest BCUT2D eigenvalue weighted by atomic mass is 9.88. The van der Waals surface area contributed by atoms with Gasteiger partial charge in [0.15, 0.2) is 0 Å². The first-order chi connectivity index (χ1) is 9.40. The van der Waals surface area contributed by atoms with E-state index in [4.69, 9.17) is 11.6 Å². The van der Waals surface area contributed by atoms with Gasteiger partial charge in [0.2, 0.25) is 0 Å². The Bertz CT molecular complexity index is 594. The summed E-state index contributed by atoms with van der Waals surface area (Å²) in [7, 11) is 0. The summed E-state index contributed by atoms with van der Waals surface area (Å²) in [4.78, 5) is 24.1. The molecule has 0 spiro atoms. The van der Waals surface area contributed by atoms with E-state index in [0.717, 1.165) is 12.8 Å². The summed E-state index contributed by atoms with van der Waals surface area (Å²) in [6, 6.07) is 3.98. The van der Waals surface area contributed by atoms with E-state index in [1.165, 1.54) is 23.1 Å². The minimum atomic E-state index is -0.795. The highest BCUT2D eigenvalue weighted by molar-refractivity contribution is 6.31. The number of nitro groups is 1. The molecule has 1 aliphatic carbocycles. The summed E-state index contributed by atoms with van der Waals surface area (Å²) < 4.78 is 0. The molecule has 3 rings (SSSR count). The van der Waals surface area contributed by atoms with Gasteiger partial charge in [0, 0.05) is 11.1 Å². The predicted octanol–water partition coefficient (Wildman–Crippen LogP) is 1.85. The van der Waals surface area contributed by atoms with Gasteiger partial charge in [0.25, 0.3) is 11.6 Å². The number of hydrogen-bond acceptors (Lipinski definition) is 4. The van der Waals surface area contributed by atoms with E-state index in [2.05, 4.69) is 0 Å². The molecule has 0 unspecified atom stereocenters. The molecule has 0 bridgehead atoms. The maximum atomic E-state index is 12.3. The lowest BCUT2D eigenvalue weighted by Gasteiger charge is -2.46.